The maximum absolute atomic E-state index is 13.0. The van der Waals surface area contributed by atoms with E-state index in [9.17, 15) is 9.59 Å². The van der Waals surface area contributed by atoms with Gasteiger partial charge in [0.15, 0.2) is 5.11 Å². The van der Waals surface area contributed by atoms with Crippen molar-refractivity contribution in [3.05, 3.63) is 75.0 Å². The number of ether oxygens (including phenoxy) is 1. The Morgan fingerprint density at radius 1 is 1.18 bits per heavy atom. The molecule has 3 aromatic rings. The third kappa shape index (κ3) is 4.43. The molecular formula is C25H23Cl2N3O3S. The van der Waals surface area contributed by atoms with Crippen LogP contribution in [0.5, 0.6) is 0 Å². The lowest BCUT2D eigenvalue weighted by molar-refractivity contribution is -0.140. The molecule has 34 heavy (non-hydrogen) atoms. The monoisotopic (exact) mass is 515 g/mol. The summed E-state index contributed by atoms with van der Waals surface area (Å²) in [6, 6.07) is 11.7. The highest BCUT2D eigenvalue weighted by Crippen LogP contribution is 2.31. The number of nitrogens with zero attached hydrogens (tertiary/aromatic N) is 3. The van der Waals surface area contributed by atoms with E-state index in [4.69, 9.17) is 40.2 Å². The van der Waals surface area contributed by atoms with Gasteiger partial charge in [0.25, 0.3) is 5.91 Å². The Kier molecular flexibility index (Phi) is 6.98. The Hall–Kier alpha value is -2.87. The van der Waals surface area contributed by atoms with Crippen molar-refractivity contribution in [1.82, 2.24) is 14.4 Å². The van der Waals surface area contributed by atoms with Gasteiger partial charge in [-0.05, 0) is 48.0 Å². The summed E-state index contributed by atoms with van der Waals surface area (Å²) in [5.74, 6) is -0.752. The Morgan fingerprint density at radius 3 is 2.62 bits per heavy atom. The minimum atomic E-state index is -0.480. The molecule has 0 aliphatic carbocycles. The van der Waals surface area contributed by atoms with Crippen molar-refractivity contribution in [1.29, 1.82) is 0 Å². The van der Waals surface area contributed by atoms with Crippen LogP contribution in [0.3, 0.4) is 0 Å². The Morgan fingerprint density at radius 2 is 1.94 bits per heavy atom. The molecule has 0 spiro atoms. The Labute approximate surface area is 213 Å². The molecule has 1 saturated heterocycles. The van der Waals surface area contributed by atoms with Gasteiger partial charge in [-0.15, -0.1) is 0 Å². The molecule has 0 N–H and O–H groups in total. The van der Waals surface area contributed by atoms with E-state index in [0.717, 1.165) is 28.5 Å². The molecule has 2 aromatic carbocycles. The molecule has 1 fully saturated rings. The lowest BCUT2D eigenvalue weighted by Gasteiger charge is -2.16. The predicted octanol–water partition coefficient (Wildman–Crippen LogP) is 5.13. The number of likely N-dealkylation sites (N-methyl/N-ethyl adjacent to an activating group) is 1. The minimum absolute atomic E-state index is 0.140. The number of benzene rings is 2. The molecule has 1 aliphatic heterocycles. The maximum atomic E-state index is 13.0. The molecule has 0 atom stereocenters. The molecule has 2 heterocycles. The smallest absolute Gasteiger partial charge is 0.325 e. The van der Waals surface area contributed by atoms with Crippen LogP contribution in [0.15, 0.2) is 48.3 Å². The normalized spacial score (nSPS) is 15.1. The third-order valence-electron chi connectivity index (χ3n) is 5.87. The zero-order chi connectivity index (χ0) is 24.6. The van der Waals surface area contributed by atoms with E-state index < -0.39 is 5.97 Å². The standard InChI is InChI=1S/C25H23Cl2N3O3S/c1-4-16-6-5-7-18-17(11-21-24(32)28(2)25(34)30(21)14-22(31)33-3)13-29(23(16)18)12-15-8-9-19(26)20(27)10-15/h5-11,13H,4,12,14H2,1-3H3/b21-11-. The fourth-order valence-electron chi connectivity index (χ4n) is 4.12. The molecule has 1 aromatic heterocycles. The second kappa shape index (κ2) is 9.78. The number of fused-ring (bicyclic) bond motifs is 1. The largest absolute Gasteiger partial charge is 0.468 e. The van der Waals surface area contributed by atoms with Crippen LogP contribution in [0.1, 0.15) is 23.6 Å². The van der Waals surface area contributed by atoms with Crippen molar-refractivity contribution in [2.45, 2.75) is 19.9 Å². The van der Waals surface area contributed by atoms with Crippen LogP contribution in [0, 0.1) is 0 Å². The molecule has 0 radical (unpaired) electrons. The summed E-state index contributed by atoms with van der Waals surface area (Å²) in [7, 11) is 2.90. The second-order valence-electron chi connectivity index (χ2n) is 7.97. The second-order valence-corrected chi connectivity index (χ2v) is 9.15. The minimum Gasteiger partial charge on any atom is -0.468 e. The Bertz CT molecular complexity index is 1350. The maximum Gasteiger partial charge on any atom is 0.325 e. The van der Waals surface area contributed by atoms with Crippen LogP contribution in [0.25, 0.3) is 17.0 Å². The SMILES string of the molecule is CCc1cccc2c(/C=C3/C(=O)N(C)C(=S)N3CC(=O)OC)cn(Cc3ccc(Cl)c(Cl)c3)c12. The van der Waals surface area contributed by atoms with Gasteiger partial charge >= 0.3 is 5.97 Å². The van der Waals surface area contributed by atoms with Crippen molar-refractivity contribution >= 4 is 69.4 Å². The van der Waals surface area contributed by atoms with Gasteiger partial charge in [-0.3, -0.25) is 14.5 Å². The number of halogens is 2. The van der Waals surface area contributed by atoms with E-state index in [0.29, 0.717) is 22.3 Å². The summed E-state index contributed by atoms with van der Waals surface area (Å²) in [5, 5.41) is 2.27. The van der Waals surface area contributed by atoms with Crippen LogP contribution < -0.4 is 0 Å². The van der Waals surface area contributed by atoms with Crippen LogP contribution in [0.2, 0.25) is 10.0 Å². The third-order valence-corrected chi connectivity index (χ3v) is 7.10. The fourth-order valence-corrected chi connectivity index (χ4v) is 4.68. The molecule has 0 bridgehead atoms. The number of aromatic nitrogens is 1. The topological polar surface area (TPSA) is 54.8 Å². The number of rotatable bonds is 6. The number of hydrogen-bond donors (Lipinski definition) is 0. The Balaban J connectivity index is 1.85. The van der Waals surface area contributed by atoms with Crippen molar-refractivity contribution in [2.75, 3.05) is 20.7 Å². The van der Waals surface area contributed by atoms with E-state index in [1.807, 2.05) is 30.5 Å². The summed E-state index contributed by atoms with van der Waals surface area (Å²) in [6.45, 7) is 2.54. The number of thiocarbonyl (C=S) groups is 1. The molecule has 0 saturated carbocycles. The first-order chi connectivity index (χ1) is 16.2. The molecule has 9 heteroatoms. The summed E-state index contributed by atoms with van der Waals surface area (Å²) in [6.07, 6.45) is 4.64. The first-order valence-electron chi connectivity index (χ1n) is 10.7. The summed E-state index contributed by atoms with van der Waals surface area (Å²) in [5.41, 5.74) is 4.43. The quantitative estimate of drug-likeness (QED) is 0.258. The van der Waals surface area contributed by atoms with E-state index in [1.165, 1.54) is 22.5 Å². The number of para-hydroxylation sites is 1. The summed E-state index contributed by atoms with van der Waals surface area (Å²) >= 11 is 17.7. The first kappa shape index (κ1) is 24.3. The molecule has 1 amide bonds. The molecular weight excluding hydrogens is 493 g/mol. The van der Waals surface area contributed by atoms with Crippen molar-refractivity contribution in [3.63, 3.8) is 0 Å². The van der Waals surface area contributed by atoms with Gasteiger partial charge in [-0.1, -0.05) is 54.4 Å². The van der Waals surface area contributed by atoms with E-state index in [-0.39, 0.29) is 17.6 Å². The fraction of sp³-hybridized carbons (Fsp3) is 0.240. The molecule has 176 valence electrons. The van der Waals surface area contributed by atoms with Gasteiger partial charge in [0.2, 0.25) is 0 Å². The van der Waals surface area contributed by atoms with Crippen LogP contribution in [-0.2, 0) is 27.3 Å². The zero-order valence-electron chi connectivity index (χ0n) is 19.0. The first-order valence-corrected chi connectivity index (χ1v) is 11.8. The van der Waals surface area contributed by atoms with Crippen molar-refractivity contribution < 1.29 is 14.3 Å². The van der Waals surface area contributed by atoms with Gasteiger partial charge in [0.1, 0.15) is 12.2 Å². The lowest BCUT2D eigenvalue weighted by atomic mass is 10.1. The number of aryl methyl sites for hydroxylation is 1. The van der Waals surface area contributed by atoms with Gasteiger partial charge in [0, 0.05) is 30.7 Å². The van der Waals surface area contributed by atoms with Crippen LogP contribution in [-0.4, -0.2) is 52.1 Å². The van der Waals surface area contributed by atoms with Gasteiger partial charge in [0.05, 0.1) is 22.7 Å². The zero-order valence-corrected chi connectivity index (χ0v) is 21.3. The summed E-state index contributed by atoms with van der Waals surface area (Å²) < 4.78 is 6.94. The average molecular weight is 516 g/mol. The van der Waals surface area contributed by atoms with Crippen LogP contribution >= 0.6 is 35.4 Å². The van der Waals surface area contributed by atoms with Gasteiger partial charge in [-0.2, -0.15) is 0 Å². The average Bonchev–Trinajstić information content (AvgIpc) is 3.27. The van der Waals surface area contributed by atoms with Crippen LogP contribution in [0.4, 0.5) is 0 Å². The molecule has 1 aliphatic rings. The number of carbonyl (C=O) groups excluding carboxylic acids is 2. The number of methoxy groups -OCH3 is 1. The van der Waals surface area contributed by atoms with Crippen molar-refractivity contribution in [2.24, 2.45) is 0 Å². The highest BCUT2D eigenvalue weighted by molar-refractivity contribution is 7.80. The van der Waals surface area contributed by atoms with Gasteiger partial charge < -0.3 is 14.2 Å². The number of esters is 1. The van der Waals surface area contributed by atoms with E-state index in [2.05, 4.69) is 17.6 Å². The van der Waals surface area contributed by atoms with Crippen molar-refractivity contribution in [3.8, 4) is 0 Å². The number of amides is 1. The van der Waals surface area contributed by atoms with E-state index in [1.54, 1.807) is 19.2 Å². The summed E-state index contributed by atoms with van der Waals surface area (Å²) in [4.78, 5) is 27.8. The molecule has 0 unspecified atom stereocenters. The van der Waals surface area contributed by atoms with E-state index >= 15 is 0 Å². The molecule has 4 rings (SSSR count). The van der Waals surface area contributed by atoms with Gasteiger partial charge in [-0.25, -0.2) is 0 Å². The number of carbonyl (C=O) groups is 2. The highest BCUT2D eigenvalue weighted by Gasteiger charge is 2.37. The lowest BCUT2D eigenvalue weighted by Crippen LogP contribution is -2.33. The number of hydrogen-bond acceptors (Lipinski definition) is 4. The molecule has 6 nitrogen and oxygen atoms in total. The predicted molar refractivity (Wildman–Crippen MR) is 139 cm³/mol. The highest BCUT2D eigenvalue weighted by atomic mass is 35.5.